The van der Waals surface area contributed by atoms with E-state index in [1.165, 1.54) is 12.3 Å². The Labute approximate surface area is 186 Å². The molecule has 0 aliphatic carbocycles. The highest BCUT2D eigenvalue weighted by Crippen LogP contribution is 2.30. The van der Waals surface area contributed by atoms with Gasteiger partial charge in [-0.1, -0.05) is 0 Å². The number of aromatic nitrogens is 1. The molecule has 0 saturated carbocycles. The molecule has 0 atom stereocenters. The van der Waals surface area contributed by atoms with Gasteiger partial charge in [-0.15, -0.1) is 0 Å². The van der Waals surface area contributed by atoms with Gasteiger partial charge in [0.1, 0.15) is 17.1 Å². The number of alkyl halides is 3. The van der Waals surface area contributed by atoms with Crippen molar-refractivity contribution in [2.24, 2.45) is 5.73 Å². The lowest BCUT2D eigenvalue weighted by molar-refractivity contribution is -0.137. The highest BCUT2D eigenvalue weighted by atomic mass is 19.4. The summed E-state index contributed by atoms with van der Waals surface area (Å²) in [7, 11) is 0. The van der Waals surface area contributed by atoms with E-state index in [-0.39, 0.29) is 24.2 Å². The van der Waals surface area contributed by atoms with Gasteiger partial charge in [-0.25, -0.2) is 14.0 Å². The molecule has 0 spiro atoms. The van der Waals surface area contributed by atoms with Gasteiger partial charge in [-0.05, 0) is 57.0 Å². The number of carbonyl (C=O) groups excluding carboxylic acids is 2. The van der Waals surface area contributed by atoms with E-state index in [4.69, 9.17) is 10.5 Å². The molecule has 2 aromatic rings. The number of alkyl carbamates (subject to hydrolysis) is 1. The Bertz CT molecular complexity index is 1090. The van der Waals surface area contributed by atoms with Gasteiger partial charge in [0.15, 0.2) is 0 Å². The van der Waals surface area contributed by atoms with E-state index in [2.05, 4.69) is 10.6 Å². The van der Waals surface area contributed by atoms with Crippen LogP contribution in [0, 0.1) is 5.82 Å². The lowest BCUT2D eigenvalue weighted by Crippen LogP contribution is -2.34. The molecule has 0 aliphatic rings. The number of pyridine rings is 1. The first-order valence-electron chi connectivity index (χ1n) is 9.78. The summed E-state index contributed by atoms with van der Waals surface area (Å²) in [6.45, 7) is 4.63. The van der Waals surface area contributed by atoms with Crippen molar-refractivity contribution in [1.82, 2.24) is 9.88 Å². The van der Waals surface area contributed by atoms with Crippen LogP contribution in [-0.4, -0.2) is 28.8 Å². The van der Waals surface area contributed by atoms with Crippen molar-refractivity contribution in [3.05, 3.63) is 63.3 Å². The first kappa shape index (κ1) is 25.7. The van der Waals surface area contributed by atoms with Crippen molar-refractivity contribution in [3.8, 4) is 0 Å². The van der Waals surface area contributed by atoms with Gasteiger partial charge in [0.05, 0.1) is 12.1 Å². The van der Waals surface area contributed by atoms with Gasteiger partial charge in [-0.3, -0.25) is 4.79 Å². The lowest BCUT2D eigenvalue weighted by Gasteiger charge is -2.19. The zero-order valence-electron chi connectivity index (χ0n) is 18.2. The van der Waals surface area contributed by atoms with Gasteiger partial charge < -0.3 is 25.7 Å². The molecule has 1 aromatic heterocycles. The number of primary amides is 1. The molecule has 12 heteroatoms. The average Bonchev–Trinajstić information content (AvgIpc) is 2.64. The number of nitrogens with two attached hydrogens (primary N) is 1. The smallest absolute Gasteiger partial charge is 0.416 e. The zero-order valence-corrected chi connectivity index (χ0v) is 18.2. The monoisotopic (exact) mass is 472 g/mol. The van der Waals surface area contributed by atoms with Gasteiger partial charge in [0.2, 0.25) is 0 Å². The Morgan fingerprint density at radius 2 is 1.82 bits per heavy atom. The second kappa shape index (κ2) is 9.92. The van der Waals surface area contributed by atoms with Crippen molar-refractivity contribution in [3.63, 3.8) is 0 Å². The third-order valence-electron chi connectivity index (χ3n) is 4.20. The largest absolute Gasteiger partial charge is 0.444 e. The van der Waals surface area contributed by atoms with E-state index in [1.807, 2.05) is 0 Å². The van der Waals surface area contributed by atoms with E-state index in [0.29, 0.717) is 23.8 Å². The molecular formula is C21H24F4N4O4. The molecule has 0 bridgehead atoms. The van der Waals surface area contributed by atoms with Crippen LogP contribution >= 0.6 is 0 Å². The minimum absolute atomic E-state index is 0.0844. The fourth-order valence-electron chi connectivity index (χ4n) is 2.85. The fraction of sp³-hybridized carbons (Fsp3) is 0.381. The minimum atomic E-state index is -4.69. The molecule has 33 heavy (non-hydrogen) atoms. The lowest BCUT2D eigenvalue weighted by atomic mass is 10.1. The van der Waals surface area contributed by atoms with Gasteiger partial charge in [0.25, 0.3) is 5.56 Å². The molecular weight excluding hydrogens is 448 g/mol. The van der Waals surface area contributed by atoms with Crippen LogP contribution in [0.3, 0.4) is 0 Å². The summed E-state index contributed by atoms with van der Waals surface area (Å²) < 4.78 is 59.2. The number of carbonyl (C=O) groups is 2. The molecule has 4 N–H and O–H groups in total. The number of benzene rings is 1. The number of hydrogen-bond donors (Lipinski definition) is 3. The minimum Gasteiger partial charge on any atom is -0.444 e. The summed E-state index contributed by atoms with van der Waals surface area (Å²) in [5.74, 6) is -0.934. The summed E-state index contributed by atoms with van der Waals surface area (Å²) in [6, 6.07) is 2.15. The molecule has 8 nitrogen and oxygen atoms in total. The fourth-order valence-corrected chi connectivity index (χ4v) is 2.85. The van der Waals surface area contributed by atoms with Crippen molar-refractivity contribution < 1.29 is 31.9 Å². The van der Waals surface area contributed by atoms with Crippen LogP contribution in [0.15, 0.2) is 35.3 Å². The molecule has 1 aromatic carbocycles. The van der Waals surface area contributed by atoms with Crippen molar-refractivity contribution in [2.75, 3.05) is 11.9 Å². The van der Waals surface area contributed by atoms with Gasteiger partial charge >= 0.3 is 18.3 Å². The van der Waals surface area contributed by atoms with Crippen molar-refractivity contribution in [2.45, 2.75) is 45.5 Å². The van der Waals surface area contributed by atoms with Crippen LogP contribution < -0.4 is 21.9 Å². The maximum atomic E-state index is 14.2. The Morgan fingerprint density at radius 3 is 2.39 bits per heavy atom. The number of halogens is 4. The number of amides is 3. The van der Waals surface area contributed by atoms with Gasteiger partial charge in [-0.2, -0.15) is 13.2 Å². The van der Waals surface area contributed by atoms with E-state index in [0.717, 1.165) is 4.57 Å². The predicted molar refractivity (Wildman–Crippen MR) is 112 cm³/mol. The molecule has 2 rings (SSSR count). The first-order valence-corrected chi connectivity index (χ1v) is 9.78. The quantitative estimate of drug-likeness (QED) is 0.557. The number of urea groups is 1. The third kappa shape index (κ3) is 7.81. The van der Waals surface area contributed by atoms with E-state index in [9.17, 15) is 31.9 Å². The van der Waals surface area contributed by atoms with Gasteiger partial charge in [0, 0.05) is 18.3 Å². The number of nitrogens with one attached hydrogen (secondary N) is 2. The van der Waals surface area contributed by atoms with Crippen LogP contribution in [0.2, 0.25) is 0 Å². The normalized spacial score (nSPS) is 11.7. The number of anilines is 1. The van der Waals surface area contributed by atoms with E-state index >= 15 is 0 Å². The highest BCUT2D eigenvalue weighted by Gasteiger charge is 2.31. The molecule has 180 valence electrons. The molecule has 0 aliphatic heterocycles. The maximum Gasteiger partial charge on any atom is 0.416 e. The number of rotatable bonds is 6. The average molecular weight is 472 g/mol. The van der Waals surface area contributed by atoms with Crippen LogP contribution in [0.1, 0.15) is 37.5 Å². The maximum absolute atomic E-state index is 14.2. The zero-order chi connectivity index (χ0) is 25.0. The number of hydrogen-bond acceptors (Lipinski definition) is 4. The molecule has 0 fully saturated rings. The topological polar surface area (TPSA) is 115 Å². The molecule has 1 heterocycles. The van der Waals surface area contributed by atoms with Crippen LogP contribution in [-0.2, 0) is 23.9 Å². The number of nitrogens with zero attached hydrogens (tertiary/aromatic N) is 1. The van der Waals surface area contributed by atoms with Crippen LogP contribution in [0.5, 0.6) is 0 Å². The number of ether oxygens (including phenoxy) is 1. The molecule has 0 unspecified atom stereocenters. The van der Waals surface area contributed by atoms with Crippen LogP contribution in [0.4, 0.5) is 32.8 Å². The van der Waals surface area contributed by atoms with Crippen molar-refractivity contribution >= 4 is 17.8 Å². The van der Waals surface area contributed by atoms with E-state index < -0.39 is 47.4 Å². The Hall–Kier alpha value is -3.57. The van der Waals surface area contributed by atoms with Crippen LogP contribution in [0.25, 0.3) is 0 Å². The van der Waals surface area contributed by atoms with Crippen molar-refractivity contribution in [1.29, 1.82) is 0 Å². The summed E-state index contributed by atoms with van der Waals surface area (Å²) in [5.41, 5.74) is 2.31. The molecule has 3 amide bonds. The summed E-state index contributed by atoms with van der Waals surface area (Å²) in [6.07, 6.45) is -3.90. The Kier molecular flexibility index (Phi) is 7.72. The summed E-state index contributed by atoms with van der Waals surface area (Å²) in [5, 5.41) is 4.66. The Morgan fingerprint density at radius 1 is 1.15 bits per heavy atom. The highest BCUT2D eigenvalue weighted by molar-refractivity contribution is 5.87. The summed E-state index contributed by atoms with van der Waals surface area (Å²) in [4.78, 5) is 35.7. The standard InChI is InChI=1S/C21H24F4N4O4/c1-20(2,3)33-19(32)27-7-6-12-8-16(28-18(26)31)17(30)29(10-12)11-13-9-14(21(23,24)25)4-5-15(13)22/h4-5,8-10H,6-7,11H2,1-3H3,(H,27,32)(H3,26,28,31). The van der Waals surface area contributed by atoms with E-state index in [1.54, 1.807) is 20.8 Å². The Balaban J connectivity index is 2.32. The first-order chi connectivity index (χ1) is 15.2. The second-order valence-electron chi connectivity index (χ2n) is 8.17. The molecule has 0 saturated heterocycles. The predicted octanol–water partition coefficient (Wildman–Crippen LogP) is 3.61. The second-order valence-corrected chi connectivity index (χ2v) is 8.17. The summed E-state index contributed by atoms with van der Waals surface area (Å²) >= 11 is 0. The molecule has 0 radical (unpaired) electrons. The SMILES string of the molecule is CC(C)(C)OC(=O)NCCc1cc(NC(N)=O)c(=O)n(Cc2cc(C(F)(F)F)ccc2F)c1. The third-order valence-corrected chi connectivity index (χ3v) is 4.20.